The van der Waals surface area contributed by atoms with Crippen LogP contribution in [-0.4, -0.2) is 88.9 Å². The van der Waals surface area contributed by atoms with Crippen LogP contribution >= 0.6 is 11.6 Å². The summed E-state index contributed by atoms with van der Waals surface area (Å²) in [6.07, 6.45) is 9.95. The molecule has 2 aromatic carbocycles. The number of nitrogens with one attached hydrogen (secondary N) is 2. The molecule has 3 aliphatic heterocycles. The van der Waals surface area contributed by atoms with Crippen LogP contribution in [-0.2, 0) is 4.79 Å². The lowest BCUT2D eigenvalue weighted by atomic mass is 9.79. The Hall–Kier alpha value is -5.19. The monoisotopic (exact) mass is 777 g/mol. The van der Waals surface area contributed by atoms with E-state index in [0.717, 1.165) is 106 Å². The number of anilines is 2. The average molecular weight is 778 g/mol. The number of carbonyl (C=O) groups excluding carboxylic acids is 3. The maximum absolute atomic E-state index is 13.1. The highest BCUT2D eigenvalue weighted by atomic mass is 35.5. The highest BCUT2D eigenvalue weighted by Gasteiger charge is 2.35. The first kappa shape index (κ1) is 37.7. The molecule has 0 spiro atoms. The van der Waals surface area contributed by atoms with Crippen LogP contribution in [0.4, 0.5) is 16.3 Å². The number of carbonyl (C=O) groups is 3. The molecule has 1 saturated carbocycles. The van der Waals surface area contributed by atoms with E-state index in [0.29, 0.717) is 41.0 Å². The fraction of sp³-hybridized carbons (Fsp3) is 0.476. The molecule has 4 amide bonds. The van der Waals surface area contributed by atoms with Crippen LogP contribution in [0.2, 0.25) is 5.02 Å². The topological polar surface area (TPSA) is 149 Å². The number of halogens is 1. The molecule has 56 heavy (non-hydrogen) atoms. The van der Waals surface area contributed by atoms with E-state index in [2.05, 4.69) is 66.5 Å². The highest BCUT2D eigenvalue weighted by molar-refractivity contribution is 6.31. The largest absolute Gasteiger partial charge is 0.490 e. The summed E-state index contributed by atoms with van der Waals surface area (Å²) in [6.45, 7) is 7.74. The number of hydrogen-bond acceptors (Lipinski definition) is 9. The third kappa shape index (κ3) is 8.18. The summed E-state index contributed by atoms with van der Waals surface area (Å²) in [5.74, 6) is 1.03. The van der Waals surface area contributed by atoms with E-state index in [1.807, 2.05) is 18.2 Å². The Labute approximate surface area is 331 Å². The van der Waals surface area contributed by atoms with Gasteiger partial charge < -0.3 is 24.4 Å². The van der Waals surface area contributed by atoms with E-state index < -0.39 is 0 Å². The summed E-state index contributed by atoms with van der Waals surface area (Å²) in [6, 6.07) is 19.1. The summed E-state index contributed by atoms with van der Waals surface area (Å²) >= 11 is 6.16. The number of benzene rings is 2. The molecule has 4 fully saturated rings. The van der Waals surface area contributed by atoms with Gasteiger partial charge in [0.15, 0.2) is 11.5 Å². The van der Waals surface area contributed by atoms with E-state index in [9.17, 15) is 14.4 Å². The third-order valence-electron chi connectivity index (χ3n) is 12.2. The first-order valence-corrected chi connectivity index (χ1v) is 20.2. The molecule has 13 nitrogen and oxygen atoms in total. The lowest BCUT2D eigenvalue weighted by Gasteiger charge is -2.44. The summed E-state index contributed by atoms with van der Waals surface area (Å²) in [5, 5.41) is 24.9. The number of nitriles is 1. The Bertz CT molecular complexity index is 2130. The molecule has 0 bridgehead atoms. The number of urea groups is 1. The van der Waals surface area contributed by atoms with Crippen LogP contribution in [0, 0.1) is 16.7 Å². The molecule has 2 aromatic heterocycles. The molecule has 1 aliphatic carbocycles. The van der Waals surface area contributed by atoms with Gasteiger partial charge >= 0.3 is 6.03 Å². The van der Waals surface area contributed by atoms with Crippen molar-refractivity contribution in [2.75, 3.05) is 49.1 Å². The Morgan fingerprint density at radius 3 is 2.46 bits per heavy atom. The molecule has 292 valence electrons. The van der Waals surface area contributed by atoms with Gasteiger partial charge in [-0.25, -0.2) is 4.79 Å². The Morgan fingerprint density at radius 1 is 0.982 bits per heavy atom. The molecule has 5 heterocycles. The third-order valence-corrected chi connectivity index (χ3v) is 12.5. The summed E-state index contributed by atoms with van der Waals surface area (Å²) in [5.41, 5.74) is 2.93. The SMILES string of the molecule is CC1(CN2CCC(n3ccc4c(N5CCC(=O)NC5=O)cccc43)CC2)CCN(c2ccc(C(=O)N[C@H]3CC[C@H](Oc4ccc(C#N)c(Cl)c4)CC3)nn2)CC1. The number of fused-ring (bicyclic) bond motifs is 1. The molecular weight excluding hydrogens is 730 g/mol. The number of rotatable bonds is 9. The molecule has 3 saturated heterocycles. The smallest absolute Gasteiger partial charge is 0.328 e. The molecule has 0 radical (unpaired) electrons. The zero-order chi connectivity index (χ0) is 38.8. The molecule has 4 aliphatic rings. The number of ether oxygens (including phenoxy) is 1. The van der Waals surface area contributed by atoms with Crippen molar-refractivity contribution < 1.29 is 19.1 Å². The van der Waals surface area contributed by atoms with E-state index in [-0.39, 0.29) is 35.4 Å². The van der Waals surface area contributed by atoms with Gasteiger partial charge in [0.1, 0.15) is 11.8 Å². The molecular formula is C42H48ClN9O4. The maximum Gasteiger partial charge on any atom is 0.328 e. The number of aromatic nitrogens is 3. The number of nitrogens with zero attached hydrogens (tertiary/aromatic N) is 7. The number of hydrogen-bond donors (Lipinski definition) is 2. The number of likely N-dealkylation sites (tertiary alicyclic amines) is 1. The van der Waals surface area contributed by atoms with Crippen LogP contribution in [0.3, 0.4) is 0 Å². The standard InChI is InChI=1S/C42H48ClN9O4/c1-42(27-49-19-13-30(14-20-49)51-21-15-33-36(51)3-2-4-37(33)52-22-16-39(53)46-41(52)55)17-23-50(24-18-42)38-12-11-35(47-48-38)40(54)45-29-6-9-31(10-7-29)56-32-8-5-28(26-44)34(43)25-32/h2-5,8,11-12,15,21,25,29-31H,6-7,9-10,13-14,16-20,22-24,27H2,1H3,(H,45,54)(H,46,53,55)/t29-,31-. The highest BCUT2D eigenvalue weighted by Crippen LogP contribution is 2.37. The van der Waals surface area contributed by atoms with E-state index in [4.69, 9.17) is 21.6 Å². The minimum Gasteiger partial charge on any atom is -0.490 e. The summed E-state index contributed by atoms with van der Waals surface area (Å²) in [7, 11) is 0. The predicted molar refractivity (Wildman–Crippen MR) is 214 cm³/mol. The van der Waals surface area contributed by atoms with Gasteiger partial charge in [-0.2, -0.15) is 5.26 Å². The van der Waals surface area contributed by atoms with Gasteiger partial charge in [0.2, 0.25) is 5.91 Å². The van der Waals surface area contributed by atoms with Crippen LogP contribution in [0.5, 0.6) is 5.75 Å². The predicted octanol–water partition coefficient (Wildman–Crippen LogP) is 6.47. The zero-order valence-corrected chi connectivity index (χ0v) is 32.5. The maximum atomic E-state index is 13.1. The molecule has 0 unspecified atom stereocenters. The fourth-order valence-corrected chi connectivity index (χ4v) is 9.11. The Morgan fingerprint density at radius 2 is 1.77 bits per heavy atom. The lowest BCUT2D eigenvalue weighted by Crippen LogP contribution is -2.49. The quantitative estimate of drug-likeness (QED) is 0.195. The van der Waals surface area contributed by atoms with Gasteiger partial charge in [0, 0.05) is 75.4 Å². The second-order valence-electron chi connectivity index (χ2n) is 16.1. The Balaban J connectivity index is 0.777. The summed E-state index contributed by atoms with van der Waals surface area (Å²) < 4.78 is 8.47. The molecule has 0 atom stereocenters. The molecule has 2 N–H and O–H groups in total. The van der Waals surface area contributed by atoms with Gasteiger partial charge in [0.05, 0.1) is 27.9 Å². The van der Waals surface area contributed by atoms with Crippen molar-refractivity contribution in [3.8, 4) is 11.8 Å². The van der Waals surface area contributed by atoms with Gasteiger partial charge in [-0.05, 0) is 99.2 Å². The van der Waals surface area contributed by atoms with Crippen molar-refractivity contribution in [3.63, 3.8) is 0 Å². The van der Waals surface area contributed by atoms with Crippen molar-refractivity contribution in [1.82, 2.24) is 30.3 Å². The summed E-state index contributed by atoms with van der Waals surface area (Å²) in [4.78, 5) is 43.9. The van der Waals surface area contributed by atoms with Crippen molar-refractivity contribution in [3.05, 3.63) is 77.1 Å². The van der Waals surface area contributed by atoms with Crippen LogP contribution in [0.15, 0.2) is 60.8 Å². The molecule has 4 aromatic rings. The molecule has 8 rings (SSSR count). The lowest BCUT2D eigenvalue weighted by molar-refractivity contribution is -0.120. The van der Waals surface area contributed by atoms with Crippen LogP contribution in [0.25, 0.3) is 10.9 Å². The minimum atomic E-state index is -0.355. The first-order valence-electron chi connectivity index (χ1n) is 19.8. The second kappa shape index (κ2) is 16.1. The molecule has 14 heteroatoms. The average Bonchev–Trinajstić information content (AvgIpc) is 3.64. The number of amides is 4. The van der Waals surface area contributed by atoms with E-state index in [1.165, 1.54) is 0 Å². The van der Waals surface area contributed by atoms with Gasteiger partial charge in [-0.1, -0.05) is 24.6 Å². The van der Waals surface area contributed by atoms with Gasteiger partial charge in [-0.15, -0.1) is 10.2 Å². The van der Waals surface area contributed by atoms with Crippen molar-refractivity contribution in [2.45, 2.75) is 82.9 Å². The minimum absolute atomic E-state index is 0.0325. The fourth-order valence-electron chi connectivity index (χ4n) is 8.90. The number of imide groups is 1. The normalized spacial score (nSPS) is 22.1. The van der Waals surface area contributed by atoms with Gasteiger partial charge in [-0.3, -0.25) is 19.8 Å². The first-order chi connectivity index (χ1) is 27.1. The zero-order valence-electron chi connectivity index (χ0n) is 31.8. The van der Waals surface area contributed by atoms with Crippen molar-refractivity contribution in [1.29, 1.82) is 5.26 Å². The van der Waals surface area contributed by atoms with Crippen LogP contribution in [0.1, 0.15) is 86.8 Å². The van der Waals surface area contributed by atoms with Crippen molar-refractivity contribution >= 4 is 51.9 Å². The van der Waals surface area contributed by atoms with Crippen molar-refractivity contribution in [2.24, 2.45) is 5.41 Å². The Kier molecular flexibility index (Phi) is 10.9. The number of piperidine rings is 2. The van der Waals surface area contributed by atoms with E-state index in [1.54, 1.807) is 29.2 Å². The van der Waals surface area contributed by atoms with Gasteiger partial charge in [0.25, 0.3) is 5.91 Å². The second-order valence-corrected chi connectivity index (χ2v) is 16.5. The van der Waals surface area contributed by atoms with E-state index >= 15 is 0 Å². The van der Waals surface area contributed by atoms with Crippen LogP contribution < -0.4 is 25.2 Å².